The molecule has 3 rings (SSSR count). The summed E-state index contributed by atoms with van der Waals surface area (Å²) in [5.41, 5.74) is 0.914. The SMILES string of the molecule is COc1ccccc1CC(=O)N1CCCN(C(=O)C2CCC2)CC1. The molecule has 1 aromatic rings. The van der Waals surface area contributed by atoms with Gasteiger partial charge >= 0.3 is 0 Å². The van der Waals surface area contributed by atoms with Crippen LogP contribution in [0.2, 0.25) is 0 Å². The molecule has 24 heavy (non-hydrogen) atoms. The molecule has 1 aliphatic carbocycles. The van der Waals surface area contributed by atoms with Crippen LogP contribution in [-0.2, 0) is 16.0 Å². The van der Waals surface area contributed by atoms with Crippen molar-refractivity contribution in [3.8, 4) is 5.75 Å². The number of carbonyl (C=O) groups excluding carboxylic acids is 2. The van der Waals surface area contributed by atoms with Gasteiger partial charge in [0.2, 0.25) is 11.8 Å². The van der Waals surface area contributed by atoms with Crippen molar-refractivity contribution in [1.29, 1.82) is 0 Å². The molecule has 0 aromatic heterocycles. The van der Waals surface area contributed by atoms with Crippen LogP contribution >= 0.6 is 0 Å². The topological polar surface area (TPSA) is 49.9 Å². The first kappa shape index (κ1) is 16.8. The third-order valence-electron chi connectivity index (χ3n) is 5.15. The molecule has 0 unspecified atom stereocenters. The van der Waals surface area contributed by atoms with E-state index >= 15 is 0 Å². The summed E-state index contributed by atoms with van der Waals surface area (Å²) in [6.45, 7) is 2.79. The standard InChI is InChI=1S/C19H26N2O3/c1-24-17-9-3-2-6-16(17)14-18(22)20-10-5-11-21(13-12-20)19(23)15-7-4-8-15/h2-3,6,9,15H,4-5,7-8,10-14H2,1H3. The summed E-state index contributed by atoms with van der Waals surface area (Å²) in [7, 11) is 1.62. The summed E-state index contributed by atoms with van der Waals surface area (Å²) < 4.78 is 5.33. The maximum atomic E-state index is 12.6. The number of amides is 2. The fraction of sp³-hybridized carbons (Fsp3) is 0.579. The van der Waals surface area contributed by atoms with Crippen molar-refractivity contribution in [3.05, 3.63) is 29.8 Å². The van der Waals surface area contributed by atoms with Gasteiger partial charge in [-0.05, 0) is 25.3 Å². The van der Waals surface area contributed by atoms with Crippen LogP contribution in [0.25, 0.3) is 0 Å². The second kappa shape index (κ2) is 7.69. The van der Waals surface area contributed by atoms with E-state index in [0.29, 0.717) is 25.4 Å². The van der Waals surface area contributed by atoms with Gasteiger partial charge in [-0.1, -0.05) is 24.6 Å². The molecule has 1 saturated heterocycles. The zero-order chi connectivity index (χ0) is 16.9. The molecule has 130 valence electrons. The van der Waals surface area contributed by atoms with E-state index in [2.05, 4.69) is 0 Å². The van der Waals surface area contributed by atoms with E-state index in [4.69, 9.17) is 4.74 Å². The number of methoxy groups -OCH3 is 1. The van der Waals surface area contributed by atoms with Crippen LogP contribution in [-0.4, -0.2) is 54.9 Å². The Labute approximate surface area is 143 Å². The van der Waals surface area contributed by atoms with E-state index < -0.39 is 0 Å². The quantitative estimate of drug-likeness (QED) is 0.849. The number of carbonyl (C=O) groups is 2. The minimum Gasteiger partial charge on any atom is -0.496 e. The van der Waals surface area contributed by atoms with Gasteiger partial charge in [-0.25, -0.2) is 0 Å². The minimum atomic E-state index is 0.109. The third-order valence-corrected chi connectivity index (χ3v) is 5.15. The summed E-state index contributed by atoms with van der Waals surface area (Å²) in [5.74, 6) is 1.39. The van der Waals surface area contributed by atoms with Crippen molar-refractivity contribution < 1.29 is 14.3 Å². The molecule has 2 fully saturated rings. The maximum Gasteiger partial charge on any atom is 0.227 e. The Hall–Kier alpha value is -2.04. The molecular weight excluding hydrogens is 304 g/mol. The van der Waals surface area contributed by atoms with Crippen molar-refractivity contribution in [2.24, 2.45) is 5.92 Å². The summed E-state index contributed by atoms with van der Waals surface area (Å²) in [6, 6.07) is 7.64. The van der Waals surface area contributed by atoms with Gasteiger partial charge in [0.1, 0.15) is 5.75 Å². The van der Waals surface area contributed by atoms with Crippen LogP contribution < -0.4 is 4.74 Å². The molecule has 2 aliphatic rings. The van der Waals surface area contributed by atoms with E-state index in [9.17, 15) is 9.59 Å². The zero-order valence-electron chi connectivity index (χ0n) is 14.4. The zero-order valence-corrected chi connectivity index (χ0v) is 14.4. The van der Waals surface area contributed by atoms with Gasteiger partial charge in [0, 0.05) is 37.7 Å². The number of benzene rings is 1. The van der Waals surface area contributed by atoms with Gasteiger partial charge in [0.25, 0.3) is 0 Å². The molecule has 1 aromatic carbocycles. The Morgan fingerprint density at radius 1 is 1.04 bits per heavy atom. The summed E-state index contributed by atoms with van der Waals surface area (Å²) >= 11 is 0. The van der Waals surface area contributed by atoms with Gasteiger partial charge < -0.3 is 14.5 Å². The second-order valence-electron chi connectivity index (χ2n) is 6.68. The van der Waals surface area contributed by atoms with Crippen LogP contribution in [0.1, 0.15) is 31.2 Å². The van der Waals surface area contributed by atoms with Gasteiger partial charge in [-0.3, -0.25) is 9.59 Å². The lowest BCUT2D eigenvalue weighted by atomic mass is 9.84. The highest BCUT2D eigenvalue weighted by molar-refractivity contribution is 5.81. The Morgan fingerprint density at radius 2 is 1.75 bits per heavy atom. The highest BCUT2D eigenvalue weighted by atomic mass is 16.5. The molecule has 2 amide bonds. The van der Waals surface area contributed by atoms with E-state index in [1.165, 1.54) is 6.42 Å². The molecule has 5 heteroatoms. The number of hydrogen-bond acceptors (Lipinski definition) is 3. The van der Waals surface area contributed by atoms with Gasteiger partial charge in [0.05, 0.1) is 13.5 Å². The summed E-state index contributed by atoms with van der Waals surface area (Å²) in [6.07, 6.45) is 4.45. The normalized spacial score (nSPS) is 18.7. The number of ether oxygens (including phenoxy) is 1. The Balaban J connectivity index is 1.57. The molecular formula is C19H26N2O3. The highest BCUT2D eigenvalue weighted by Crippen LogP contribution is 2.28. The third kappa shape index (κ3) is 3.71. The molecule has 0 spiro atoms. The van der Waals surface area contributed by atoms with Crippen molar-refractivity contribution in [1.82, 2.24) is 9.80 Å². The van der Waals surface area contributed by atoms with E-state index in [-0.39, 0.29) is 11.8 Å². The number of nitrogens with zero attached hydrogens (tertiary/aromatic N) is 2. The second-order valence-corrected chi connectivity index (χ2v) is 6.68. The average Bonchev–Trinajstić information content (AvgIpc) is 2.80. The first-order valence-electron chi connectivity index (χ1n) is 8.87. The predicted molar refractivity (Wildman–Crippen MR) is 91.8 cm³/mol. The first-order chi connectivity index (χ1) is 11.7. The molecule has 1 saturated carbocycles. The van der Waals surface area contributed by atoms with E-state index in [0.717, 1.165) is 43.7 Å². The number of rotatable bonds is 4. The first-order valence-corrected chi connectivity index (χ1v) is 8.87. The molecule has 0 bridgehead atoms. The van der Waals surface area contributed by atoms with Crippen LogP contribution in [0.4, 0.5) is 0 Å². The van der Waals surface area contributed by atoms with Crippen molar-refractivity contribution in [2.45, 2.75) is 32.1 Å². The average molecular weight is 330 g/mol. The Bertz CT molecular complexity index is 598. The molecule has 0 radical (unpaired) electrons. The lowest BCUT2D eigenvalue weighted by Gasteiger charge is -2.31. The highest BCUT2D eigenvalue weighted by Gasteiger charge is 2.30. The Kier molecular flexibility index (Phi) is 5.38. The van der Waals surface area contributed by atoms with Crippen molar-refractivity contribution in [2.75, 3.05) is 33.3 Å². The largest absolute Gasteiger partial charge is 0.496 e. The fourth-order valence-corrected chi connectivity index (χ4v) is 3.42. The number of para-hydroxylation sites is 1. The fourth-order valence-electron chi connectivity index (χ4n) is 3.42. The molecule has 5 nitrogen and oxygen atoms in total. The van der Waals surface area contributed by atoms with E-state index in [1.54, 1.807) is 7.11 Å². The van der Waals surface area contributed by atoms with Crippen LogP contribution in [0.5, 0.6) is 5.75 Å². The molecule has 1 heterocycles. The number of hydrogen-bond donors (Lipinski definition) is 0. The van der Waals surface area contributed by atoms with Crippen molar-refractivity contribution in [3.63, 3.8) is 0 Å². The summed E-state index contributed by atoms with van der Waals surface area (Å²) in [4.78, 5) is 28.9. The maximum absolute atomic E-state index is 12.6. The monoisotopic (exact) mass is 330 g/mol. The predicted octanol–water partition coefficient (Wildman–Crippen LogP) is 2.10. The van der Waals surface area contributed by atoms with Crippen LogP contribution in [0.3, 0.4) is 0 Å². The molecule has 0 atom stereocenters. The van der Waals surface area contributed by atoms with Crippen LogP contribution in [0, 0.1) is 5.92 Å². The van der Waals surface area contributed by atoms with E-state index in [1.807, 2.05) is 34.1 Å². The lowest BCUT2D eigenvalue weighted by molar-refractivity contribution is -0.138. The van der Waals surface area contributed by atoms with Crippen LogP contribution in [0.15, 0.2) is 24.3 Å². The Morgan fingerprint density at radius 3 is 2.46 bits per heavy atom. The van der Waals surface area contributed by atoms with Gasteiger partial charge in [-0.15, -0.1) is 0 Å². The van der Waals surface area contributed by atoms with Crippen molar-refractivity contribution >= 4 is 11.8 Å². The summed E-state index contributed by atoms with van der Waals surface area (Å²) in [5, 5.41) is 0. The van der Waals surface area contributed by atoms with Gasteiger partial charge in [0.15, 0.2) is 0 Å². The smallest absolute Gasteiger partial charge is 0.227 e. The lowest BCUT2D eigenvalue weighted by Crippen LogP contribution is -2.41. The van der Waals surface area contributed by atoms with Gasteiger partial charge in [-0.2, -0.15) is 0 Å². The minimum absolute atomic E-state index is 0.109. The molecule has 1 aliphatic heterocycles. The molecule has 0 N–H and O–H groups in total.